The number of amides is 1. The molecule has 0 aromatic heterocycles. The lowest BCUT2D eigenvalue weighted by molar-refractivity contribution is -0.141. The Bertz CT molecular complexity index is 338. The van der Waals surface area contributed by atoms with Crippen LogP contribution in [0.3, 0.4) is 0 Å². The molecule has 0 aromatic rings. The first-order valence-corrected chi connectivity index (χ1v) is 6.82. The van der Waals surface area contributed by atoms with Crippen molar-refractivity contribution in [1.29, 1.82) is 0 Å². The summed E-state index contributed by atoms with van der Waals surface area (Å²) in [5.41, 5.74) is -0.622. The van der Waals surface area contributed by atoms with Crippen molar-refractivity contribution in [2.75, 3.05) is 0 Å². The Morgan fingerprint density at radius 2 is 1.68 bits per heavy atom. The van der Waals surface area contributed by atoms with Crippen LogP contribution in [0.15, 0.2) is 0 Å². The largest absolute Gasteiger partial charge is 0.480 e. The molecule has 0 saturated heterocycles. The SMILES string of the molecule is C[C@@H]1C[C@@H](C(NC(=O)OC(C)(C)C)C(=O)O)C[C@@H]1C. The van der Waals surface area contributed by atoms with Crippen LogP contribution in [-0.4, -0.2) is 28.8 Å². The summed E-state index contributed by atoms with van der Waals surface area (Å²) in [7, 11) is 0. The van der Waals surface area contributed by atoms with Crippen molar-refractivity contribution >= 4 is 12.1 Å². The lowest BCUT2D eigenvalue weighted by atomic mass is 9.97. The van der Waals surface area contributed by atoms with E-state index < -0.39 is 23.7 Å². The number of alkyl carbamates (subject to hydrolysis) is 1. The molecule has 1 aliphatic rings. The van der Waals surface area contributed by atoms with Crippen LogP contribution in [-0.2, 0) is 9.53 Å². The highest BCUT2D eigenvalue weighted by molar-refractivity contribution is 5.80. The van der Waals surface area contributed by atoms with Crippen molar-refractivity contribution in [3.63, 3.8) is 0 Å². The molecule has 110 valence electrons. The normalized spacial score (nSPS) is 28.8. The Hall–Kier alpha value is -1.26. The van der Waals surface area contributed by atoms with Crippen LogP contribution in [0.2, 0.25) is 0 Å². The molecule has 0 radical (unpaired) electrons. The third kappa shape index (κ3) is 4.73. The molecule has 5 nitrogen and oxygen atoms in total. The maximum Gasteiger partial charge on any atom is 0.408 e. The number of carbonyl (C=O) groups is 2. The minimum absolute atomic E-state index is 0.0185. The van der Waals surface area contributed by atoms with Gasteiger partial charge in [-0.2, -0.15) is 0 Å². The highest BCUT2D eigenvalue weighted by Gasteiger charge is 2.38. The molecule has 4 atom stereocenters. The molecular formula is C14H25NO4. The van der Waals surface area contributed by atoms with Gasteiger partial charge in [0.25, 0.3) is 0 Å². The molecular weight excluding hydrogens is 246 g/mol. The number of carboxylic acids is 1. The number of hydrogen-bond acceptors (Lipinski definition) is 3. The van der Waals surface area contributed by atoms with E-state index in [0.29, 0.717) is 11.8 Å². The summed E-state index contributed by atoms with van der Waals surface area (Å²) in [4.78, 5) is 23.0. The number of carbonyl (C=O) groups excluding carboxylic acids is 1. The average molecular weight is 271 g/mol. The van der Waals surface area contributed by atoms with Gasteiger partial charge >= 0.3 is 12.1 Å². The summed E-state index contributed by atoms with van der Waals surface area (Å²) >= 11 is 0. The predicted molar refractivity (Wildman–Crippen MR) is 71.8 cm³/mol. The van der Waals surface area contributed by atoms with Gasteiger partial charge in [-0.25, -0.2) is 9.59 Å². The first-order chi connectivity index (χ1) is 8.60. The summed E-state index contributed by atoms with van der Waals surface area (Å²) in [6.07, 6.45) is 0.995. The number of hydrogen-bond donors (Lipinski definition) is 2. The van der Waals surface area contributed by atoms with Crippen molar-refractivity contribution < 1.29 is 19.4 Å². The van der Waals surface area contributed by atoms with Crippen LogP contribution in [0, 0.1) is 17.8 Å². The third-order valence-electron chi connectivity index (χ3n) is 3.73. The molecule has 0 aromatic carbocycles. The molecule has 0 heterocycles. The topological polar surface area (TPSA) is 75.6 Å². The fourth-order valence-corrected chi connectivity index (χ4v) is 2.60. The molecule has 1 fully saturated rings. The van der Waals surface area contributed by atoms with E-state index in [4.69, 9.17) is 4.74 Å². The van der Waals surface area contributed by atoms with Gasteiger partial charge in [0, 0.05) is 0 Å². The molecule has 0 aliphatic heterocycles. The molecule has 5 heteroatoms. The average Bonchev–Trinajstić information content (AvgIpc) is 2.52. The summed E-state index contributed by atoms with van der Waals surface area (Å²) < 4.78 is 5.12. The van der Waals surface area contributed by atoms with E-state index in [2.05, 4.69) is 19.2 Å². The van der Waals surface area contributed by atoms with Crippen molar-refractivity contribution in [2.45, 2.75) is 59.1 Å². The van der Waals surface area contributed by atoms with Crippen LogP contribution in [0.25, 0.3) is 0 Å². The number of carboxylic acid groups (broad SMARTS) is 1. The lowest BCUT2D eigenvalue weighted by Gasteiger charge is -2.24. The maximum atomic E-state index is 11.7. The van der Waals surface area contributed by atoms with E-state index in [1.54, 1.807) is 20.8 Å². The second-order valence-electron chi connectivity index (χ2n) is 6.65. The molecule has 1 aliphatic carbocycles. The molecule has 1 saturated carbocycles. The second kappa shape index (κ2) is 5.80. The van der Waals surface area contributed by atoms with Gasteiger partial charge in [0.05, 0.1) is 0 Å². The zero-order chi connectivity index (χ0) is 14.8. The van der Waals surface area contributed by atoms with Crippen molar-refractivity contribution in [1.82, 2.24) is 5.32 Å². The Morgan fingerprint density at radius 1 is 1.21 bits per heavy atom. The van der Waals surface area contributed by atoms with E-state index >= 15 is 0 Å². The molecule has 1 amide bonds. The second-order valence-corrected chi connectivity index (χ2v) is 6.65. The van der Waals surface area contributed by atoms with E-state index in [1.165, 1.54) is 0 Å². The quantitative estimate of drug-likeness (QED) is 0.827. The van der Waals surface area contributed by atoms with Crippen molar-refractivity contribution in [3.05, 3.63) is 0 Å². The molecule has 1 unspecified atom stereocenters. The van der Waals surface area contributed by atoms with Gasteiger partial charge in [-0.15, -0.1) is 0 Å². The Labute approximate surface area is 114 Å². The first kappa shape index (κ1) is 15.8. The van der Waals surface area contributed by atoms with Gasteiger partial charge in [-0.1, -0.05) is 13.8 Å². The molecule has 19 heavy (non-hydrogen) atoms. The van der Waals surface area contributed by atoms with E-state index in [0.717, 1.165) is 12.8 Å². The van der Waals surface area contributed by atoms with E-state index in [-0.39, 0.29) is 5.92 Å². The predicted octanol–water partition coefficient (Wildman–Crippen LogP) is 2.65. The van der Waals surface area contributed by atoms with Crippen LogP contribution in [0.1, 0.15) is 47.5 Å². The number of ether oxygens (including phenoxy) is 1. The van der Waals surface area contributed by atoms with Crippen LogP contribution in [0.5, 0.6) is 0 Å². The summed E-state index contributed by atoms with van der Waals surface area (Å²) in [5.74, 6) is -0.0215. The first-order valence-electron chi connectivity index (χ1n) is 6.82. The molecule has 0 bridgehead atoms. The number of aliphatic carboxylic acids is 1. The Morgan fingerprint density at radius 3 is 2.05 bits per heavy atom. The zero-order valence-corrected chi connectivity index (χ0v) is 12.4. The summed E-state index contributed by atoms with van der Waals surface area (Å²) in [6.45, 7) is 9.50. The molecule has 2 N–H and O–H groups in total. The summed E-state index contributed by atoms with van der Waals surface area (Å²) in [6, 6.07) is -0.859. The monoisotopic (exact) mass is 271 g/mol. The van der Waals surface area contributed by atoms with Crippen molar-refractivity contribution in [2.24, 2.45) is 17.8 Å². The van der Waals surface area contributed by atoms with Gasteiger partial charge in [0.2, 0.25) is 0 Å². The van der Waals surface area contributed by atoms with Gasteiger partial charge in [0.15, 0.2) is 0 Å². The van der Waals surface area contributed by atoms with Crippen LogP contribution < -0.4 is 5.32 Å². The summed E-state index contributed by atoms with van der Waals surface area (Å²) in [5, 5.41) is 11.8. The van der Waals surface area contributed by atoms with Crippen molar-refractivity contribution in [3.8, 4) is 0 Å². The van der Waals surface area contributed by atoms with Gasteiger partial charge in [0.1, 0.15) is 11.6 Å². The maximum absolute atomic E-state index is 11.7. The Balaban J connectivity index is 2.64. The number of rotatable bonds is 3. The zero-order valence-electron chi connectivity index (χ0n) is 12.4. The van der Waals surface area contributed by atoms with Gasteiger partial charge in [-0.05, 0) is 51.4 Å². The van der Waals surface area contributed by atoms with E-state index in [9.17, 15) is 14.7 Å². The standard InChI is InChI=1S/C14H25NO4/c1-8-6-10(7-9(8)2)11(12(16)17)15-13(18)19-14(3,4)5/h8-11H,6-7H2,1-5H3,(H,15,18)(H,16,17)/t8-,9+,10-,11?. The highest BCUT2D eigenvalue weighted by atomic mass is 16.6. The minimum Gasteiger partial charge on any atom is -0.480 e. The lowest BCUT2D eigenvalue weighted by Crippen LogP contribution is -2.47. The molecule has 1 rings (SSSR count). The van der Waals surface area contributed by atoms with Gasteiger partial charge in [-0.3, -0.25) is 0 Å². The fraction of sp³-hybridized carbons (Fsp3) is 0.857. The smallest absolute Gasteiger partial charge is 0.408 e. The fourth-order valence-electron chi connectivity index (χ4n) is 2.60. The molecule has 0 spiro atoms. The van der Waals surface area contributed by atoms with Gasteiger partial charge < -0.3 is 15.2 Å². The minimum atomic E-state index is -0.989. The van der Waals surface area contributed by atoms with Crippen LogP contribution in [0.4, 0.5) is 4.79 Å². The van der Waals surface area contributed by atoms with Crippen LogP contribution >= 0.6 is 0 Å². The van der Waals surface area contributed by atoms with E-state index in [1.807, 2.05) is 0 Å². The Kier molecular flexibility index (Phi) is 4.82. The number of nitrogens with one attached hydrogen (secondary N) is 1. The third-order valence-corrected chi connectivity index (χ3v) is 3.73. The highest BCUT2D eigenvalue weighted by Crippen LogP contribution is 2.37.